The maximum Gasteiger partial charge on any atom is 0.296 e. The number of rotatable bonds is 8. The predicted molar refractivity (Wildman–Crippen MR) is 131 cm³/mol. The van der Waals surface area contributed by atoms with Gasteiger partial charge in [-0.05, 0) is 39.5 Å². The minimum atomic E-state index is -1.68. The molecular weight excluding hydrogens is 430 g/mol. The number of amides is 2. The number of anilines is 1. The van der Waals surface area contributed by atoms with Crippen LogP contribution in [0, 0.1) is 0 Å². The van der Waals surface area contributed by atoms with Gasteiger partial charge in [0.15, 0.2) is 5.54 Å². The first-order valence-electron chi connectivity index (χ1n) is 11.8. The largest absolute Gasteiger partial charge is 0.507 e. The number of aliphatic hydroxyl groups is 1. The molecule has 34 heavy (non-hydrogen) atoms. The Kier molecular flexibility index (Phi) is 6.57. The van der Waals surface area contributed by atoms with Crippen molar-refractivity contribution in [2.24, 2.45) is 0 Å². The van der Waals surface area contributed by atoms with Gasteiger partial charge in [-0.2, -0.15) is 0 Å². The molecule has 4 rings (SSSR count). The molecule has 0 aromatic heterocycles. The van der Waals surface area contributed by atoms with Crippen LogP contribution in [0.25, 0.3) is 5.76 Å². The number of unbranched alkanes of at least 4 members (excludes halogenated alkanes) is 1. The summed E-state index contributed by atoms with van der Waals surface area (Å²) in [5.74, 6) is -2.26. The lowest BCUT2D eigenvalue weighted by Crippen LogP contribution is -2.52. The third-order valence-corrected chi connectivity index (χ3v) is 6.58. The van der Waals surface area contributed by atoms with Crippen molar-refractivity contribution < 1.29 is 19.5 Å². The highest BCUT2D eigenvalue weighted by Gasteiger charge is 2.66. The summed E-state index contributed by atoms with van der Waals surface area (Å²) in [6.07, 6.45) is 2.25. The van der Waals surface area contributed by atoms with Crippen LogP contribution in [0.4, 0.5) is 5.69 Å². The predicted octanol–water partition coefficient (Wildman–Crippen LogP) is 3.36. The van der Waals surface area contributed by atoms with Gasteiger partial charge in [-0.25, -0.2) is 0 Å². The zero-order chi connectivity index (χ0) is 24.5. The Morgan fingerprint density at radius 1 is 0.941 bits per heavy atom. The molecular formula is C27H31N3O4. The highest BCUT2D eigenvalue weighted by atomic mass is 16.3. The number of para-hydroxylation sites is 1. The molecule has 7 nitrogen and oxygen atoms in total. The van der Waals surface area contributed by atoms with E-state index in [0.29, 0.717) is 36.3 Å². The third kappa shape index (κ3) is 3.60. The van der Waals surface area contributed by atoms with E-state index in [1.165, 1.54) is 4.90 Å². The van der Waals surface area contributed by atoms with E-state index >= 15 is 0 Å². The lowest BCUT2D eigenvalue weighted by Gasteiger charge is -2.34. The Balaban J connectivity index is 1.97. The Hall–Kier alpha value is -3.45. The standard InChI is InChI=1S/C27H31N3O4/c1-4-5-17-29-21-15-10-9-14-20(21)27(26(29)34)22(23(31)19-12-7-6-8-13-19)24(32)25(33)30(27)18-11-16-28(2)3/h6-10,12-15,31H,4-5,11,16-18H2,1-3H3/b23-22+. The molecule has 1 fully saturated rings. The molecule has 2 amide bonds. The molecule has 178 valence electrons. The Morgan fingerprint density at radius 3 is 2.29 bits per heavy atom. The van der Waals surface area contributed by atoms with E-state index in [2.05, 4.69) is 0 Å². The fourth-order valence-corrected chi connectivity index (χ4v) is 4.99. The van der Waals surface area contributed by atoms with E-state index < -0.39 is 17.2 Å². The SMILES string of the molecule is CCCCN1C(=O)C2(/C(=C(/O)c3ccccc3)C(=O)C(=O)N2CCCN(C)C)c2ccccc21. The van der Waals surface area contributed by atoms with Crippen LogP contribution in [-0.4, -0.2) is 66.2 Å². The molecule has 2 aliphatic heterocycles. The fourth-order valence-electron chi connectivity index (χ4n) is 4.99. The van der Waals surface area contributed by atoms with Gasteiger partial charge < -0.3 is 19.8 Å². The van der Waals surface area contributed by atoms with Crippen LogP contribution in [0.5, 0.6) is 0 Å². The smallest absolute Gasteiger partial charge is 0.296 e. The van der Waals surface area contributed by atoms with E-state index in [1.807, 2.05) is 38.1 Å². The molecule has 1 unspecified atom stereocenters. The van der Waals surface area contributed by atoms with Crippen LogP contribution in [0.3, 0.4) is 0 Å². The van der Waals surface area contributed by atoms with Gasteiger partial charge in [-0.1, -0.05) is 61.9 Å². The van der Waals surface area contributed by atoms with Crippen molar-refractivity contribution in [3.8, 4) is 0 Å². The quantitative estimate of drug-likeness (QED) is 0.370. The van der Waals surface area contributed by atoms with Crippen LogP contribution in [0.1, 0.15) is 37.3 Å². The molecule has 7 heteroatoms. The van der Waals surface area contributed by atoms with Gasteiger partial charge in [-0.15, -0.1) is 0 Å². The molecule has 2 aromatic carbocycles. The molecule has 2 heterocycles. The summed E-state index contributed by atoms with van der Waals surface area (Å²) >= 11 is 0. The van der Waals surface area contributed by atoms with Crippen molar-refractivity contribution in [3.63, 3.8) is 0 Å². The van der Waals surface area contributed by atoms with Crippen LogP contribution in [0.2, 0.25) is 0 Å². The summed E-state index contributed by atoms with van der Waals surface area (Å²) < 4.78 is 0. The number of likely N-dealkylation sites (tertiary alicyclic amines) is 1. The van der Waals surface area contributed by atoms with Crippen molar-refractivity contribution in [3.05, 3.63) is 71.3 Å². The number of nitrogens with zero attached hydrogens (tertiary/aromatic N) is 3. The average molecular weight is 462 g/mol. The summed E-state index contributed by atoms with van der Waals surface area (Å²) in [6.45, 7) is 3.43. The highest BCUT2D eigenvalue weighted by molar-refractivity contribution is 6.50. The first-order chi connectivity index (χ1) is 16.4. The number of ketones is 1. The van der Waals surface area contributed by atoms with Crippen molar-refractivity contribution in [2.75, 3.05) is 38.6 Å². The summed E-state index contributed by atoms with van der Waals surface area (Å²) in [6, 6.07) is 15.9. The first kappa shape index (κ1) is 23.7. The van der Waals surface area contributed by atoms with Gasteiger partial charge in [0.05, 0.1) is 11.3 Å². The normalized spacial score (nSPS) is 21.2. The summed E-state index contributed by atoms with van der Waals surface area (Å²) in [5.41, 5.74) is -0.183. The number of fused-ring (bicyclic) bond motifs is 2. The average Bonchev–Trinajstić information content (AvgIpc) is 3.21. The third-order valence-electron chi connectivity index (χ3n) is 6.58. The fraction of sp³-hybridized carbons (Fsp3) is 0.370. The second-order valence-electron chi connectivity index (χ2n) is 9.07. The van der Waals surface area contributed by atoms with Crippen molar-refractivity contribution in [1.82, 2.24) is 9.80 Å². The van der Waals surface area contributed by atoms with E-state index in [1.54, 1.807) is 47.4 Å². The van der Waals surface area contributed by atoms with E-state index in [0.717, 1.165) is 12.8 Å². The summed E-state index contributed by atoms with van der Waals surface area (Å²) in [4.78, 5) is 46.2. The summed E-state index contributed by atoms with van der Waals surface area (Å²) in [7, 11) is 3.86. The van der Waals surface area contributed by atoms with Crippen LogP contribution in [-0.2, 0) is 19.9 Å². The number of benzene rings is 2. The van der Waals surface area contributed by atoms with Crippen molar-refractivity contribution >= 4 is 29.0 Å². The summed E-state index contributed by atoms with van der Waals surface area (Å²) in [5, 5.41) is 11.4. The molecule has 0 aliphatic carbocycles. The van der Waals surface area contributed by atoms with Gasteiger partial charge in [0.1, 0.15) is 5.76 Å². The van der Waals surface area contributed by atoms with Crippen molar-refractivity contribution in [1.29, 1.82) is 0 Å². The Morgan fingerprint density at radius 2 is 1.62 bits per heavy atom. The zero-order valence-electron chi connectivity index (χ0n) is 20.0. The second-order valence-corrected chi connectivity index (χ2v) is 9.07. The molecule has 2 aliphatic rings. The first-order valence-corrected chi connectivity index (χ1v) is 11.8. The van der Waals surface area contributed by atoms with Gasteiger partial charge in [-0.3, -0.25) is 14.4 Å². The zero-order valence-corrected chi connectivity index (χ0v) is 20.0. The molecule has 1 spiro atoms. The molecule has 1 atom stereocenters. The number of Topliss-reactive ketones (excluding diaryl/α,β-unsaturated/α-hetero) is 1. The van der Waals surface area contributed by atoms with Crippen molar-refractivity contribution in [2.45, 2.75) is 31.7 Å². The van der Waals surface area contributed by atoms with Gasteiger partial charge in [0, 0.05) is 24.2 Å². The molecule has 1 N–H and O–H groups in total. The minimum Gasteiger partial charge on any atom is -0.507 e. The Labute approximate surface area is 200 Å². The molecule has 1 saturated heterocycles. The topological polar surface area (TPSA) is 81.2 Å². The lowest BCUT2D eigenvalue weighted by atomic mass is 9.82. The number of carbonyl (C=O) groups excluding carboxylic acids is 3. The monoisotopic (exact) mass is 461 g/mol. The second kappa shape index (κ2) is 9.43. The maximum absolute atomic E-state index is 14.3. The number of aliphatic hydroxyl groups excluding tert-OH is 1. The Bertz CT molecular complexity index is 1140. The maximum atomic E-state index is 14.3. The van der Waals surface area contributed by atoms with Gasteiger partial charge in [0.2, 0.25) is 0 Å². The number of carbonyl (C=O) groups is 3. The molecule has 0 bridgehead atoms. The van der Waals surface area contributed by atoms with Crippen LogP contribution >= 0.6 is 0 Å². The van der Waals surface area contributed by atoms with Crippen LogP contribution in [0.15, 0.2) is 60.2 Å². The van der Waals surface area contributed by atoms with E-state index in [4.69, 9.17) is 0 Å². The minimum absolute atomic E-state index is 0.148. The van der Waals surface area contributed by atoms with Gasteiger partial charge in [0.25, 0.3) is 17.6 Å². The van der Waals surface area contributed by atoms with E-state index in [9.17, 15) is 19.5 Å². The van der Waals surface area contributed by atoms with E-state index in [-0.39, 0.29) is 23.8 Å². The number of hydrogen-bond donors (Lipinski definition) is 1. The number of hydrogen-bond acceptors (Lipinski definition) is 5. The highest BCUT2D eigenvalue weighted by Crippen LogP contribution is 2.53. The van der Waals surface area contributed by atoms with Crippen LogP contribution < -0.4 is 4.90 Å². The lowest BCUT2D eigenvalue weighted by molar-refractivity contribution is -0.143. The molecule has 0 saturated carbocycles. The molecule has 2 aromatic rings. The van der Waals surface area contributed by atoms with Gasteiger partial charge >= 0.3 is 0 Å². The molecule has 0 radical (unpaired) electrons.